The Bertz CT molecular complexity index is 175. The summed E-state index contributed by atoms with van der Waals surface area (Å²) in [7, 11) is -7.03. The van der Waals surface area contributed by atoms with Crippen LogP contribution in [-0.2, 0) is 13.4 Å². The van der Waals surface area contributed by atoms with E-state index in [0.717, 1.165) is 6.42 Å². The van der Waals surface area contributed by atoms with E-state index in [0.29, 0.717) is 6.61 Å². The molecule has 6 nitrogen and oxygen atoms in total. The van der Waals surface area contributed by atoms with Gasteiger partial charge in [0.2, 0.25) is 0 Å². The molecule has 0 radical (unpaired) electrons. The summed E-state index contributed by atoms with van der Waals surface area (Å²) in [5.74, 6) is 0. The fourth-order valence-corrected chi connectivity index (χ4v) is 1.50. The third-order valence-electron chi connectivity index (χ3n) is 1.68. The van der Waals surface area contributed by atoms with E-state index >= 15 is 0 Å². The maximum atomic E-state index is 9.29. The molecule has 0 saturated carbocycles. The number of aliphatic hydroxyl groups is 1. The van der Waals surface area contributed by atoms with Crippen molar-refractivity contribution < 1.29 is 28.3 Å². The zero-order chi connectivity index (χ0) is 12.8. The Hall–Kier alpha value is 1.07. The summed E-state index contributed by atoms with van der Waals surface area (Å²) in [6.45, 7) is 2.58. The Morgan fingerprint density at radius 1 is 1.00 bits per heavy atom. The van der Waals surface area contributed by atoms with Crippen molar-refractivity contribution in [1.82, 2.24) is 0 Å². The minimum absolute atomic E-state index is 0. The quantitative estimate of drug-likeness (QED) is 0.396. The van der Waals surface area contributed by atoms with Crippen LogP contribution in [0.15, 0.2) is 0 Å². The Morgan fingerprint density at radius 3 is 1.71 bits per heavy atom. The van der Waals surface area contributed by atoms with E-state index in [1.807, 2.05) is 0 Å². The summed E-state index contributed by atoms with van der Waals surface area (Å²) in [6, 6.07) is 0. The summed E-state index contributed by atoms with van der Waals surface area (Å²) >= 11 is 0. The van der Waals surface area contributed by atoms with E-state index < -0.39 is 16.5 Å². The second-order valence-electron chi connectivity index (χ2n) is 3.09. The number of hydrogen-bond acceptors (Lipinski definition) is 6. The van der Waals surface area contributed by atoms with Gasteiger partial charge in [-0.2, -0.15) is 0 Å². The SMILES string of the molecule is CCCCCCCCO.O=[PH]([O-])O[PH](=O)[O-].[Mg+2]. The monoisotopic (exact) mass is 298 g/mol. The number of unbranched alkanes of at least 4 members (excludes halogenated alkanes) is 5. The van der Waals surface area contributed by atoms with Crippen LogP contribution >= 0.6 is 16.5 Å². The first-order valence-corrected chi connectivity index (χ1v) is 7.70. The fourth-order valence-electron chi connectivity index (χ4n) is 0.960. The summed E-state index contributed by atoms with van der Waals surface area (Å²) < 4.78 is 21.8. The molecule has 0 heterocycles. The molecule has 1 N–H and O–H groups in total. The predicted octanol–water partition coefficient (Wildman–Crippen LogP) is 0.461. The van der Waals surface area contributed by atoms with Crippen molar-refractivity contribution in [2.45, 2.75) is 45.4 Å². The first kappa shape index (κ1) is 23.2. The molecule has 0 saturated heterocycles. The second kappa shape index (κ2) is 19.4. The molecule has 0 amide bonds. The maximum Gasteiger partial charge on any atom is 2.00 e. The number of rotatable bonds is 8. The first-order valence-electron chi connectivity index (χ1n) is 5.25. The van der Waals surface area contributed by atoms with Crippen LogP contribution in [0.25, 0.3) is 0 Å². The van der Waals surface area contributed by atoms with Crippen molar-refractivity contribution >= 4 is 39.6 Å². The van der Waals surface area contributed by atoms with Gasteiger partial charge in [-0.3, -0.25) is 4.31 Å². The van der Waals surface area contributed by atoms with Gasteiger partial charge in [0.25, 0.3) is 0 Å². The van der Waals surface area contributed by atoms with Gasteiger partial charge in [-0.05, 0) is 6.42 Å². The van der Waals surface area contributed by atoms with Crippen molar-refractivity contribution in [3.05, 3.63) is 0 Å². The Labute approximate surface area is 120 Å². The largest absolute Gasteiger partial charge is 2.00 e. The van der Waals surface area contributed by atoms with Gasteiger partial charge in [-0.15, -0.1) is 0 Å². The summed E-state index contributed by atoms with van der Waals surface area (Å²) in [4.78, 5) is 18.6. The van der Waals surface area contributed by atoms with Gasteiger partial charge in [0.1, 0.15) is 16.5 Å². The molecule has 17 heavy (non-hydrogen) atoms. The Kier molecular flexibility index (Phi) is 26.5. The minimum Gasteiger partial charge on any atom is -0.781 e. The second-order valence-corrected chi connectivity index (χ2v) is 4.91. The molecule has 100 valence electrons. The molecule has 9 heteroatoms. The van der Waals surface area contributed by atoms with E-state index in [4.69, 9.17) is 5.11 Å². The van der Waals surface area contributed by atoms with E-state index in [1.54, 1.807) is 0 Å². The molecule has 2 atom stereocenters. The molecule has 0 fully saturated rings. The molecule has 2 unspecified atom stereocenters. The summed E-state index contributed by atoms with van der Waals surface area (Å²) in [5.41, 5.74) is 0. The van der Waals surface area contributed by atoms with Crippen LogP contribution in [0, 0.1) is 0 Å². The van der Waals surface area contributed by atoms with Crippen molar-refractivity contribution in [3.63, 3.8) is 0 Å². The smallest absolute Gasteiger partial charge is 0.781 e. The van der Waals surface area contributed by atoms with E-state index in [1.165, 1.54) is 32.1 Å². The van der Waals surface area contributed by atoms with E-state index in [9.17, 15) is 18.9 Å². The average molecular weight is 298 g/mol. The van der Waals surface area contributed by atoms with Gasteiger partial charge in [0.15, 0.2) is 0 Å². The molecule has 0 aliphatic rings. The fraction of sp³-hybridized carbons (Fsp3) is 1.00. The molecule has 0 aromatic heterocycles. The average Bonchev–Trinajstić information content (AvgIpc) is 2.16. The third-order valence-corrected chi connectivity index (χ3v) is 3.01. The van der Waals surface area contributed by atoms with Gasteiger partial charge < -0.3 is 24.0 Å². The normalized spacial score (nSPS) is 12.9. The van der Waals surface area contributed by atoms with E-state index in [-0.39, 0.29) is 23.1 Å². The number of aliphatic hydroxyl groups excluding tert-OH is 1. The van der Waals surface area contributed by atoms with Crippen molar-refractivity contribution in [3.8, 4) is 0 Å². The molecular weight excluding hydrogens is 278 g/mol. The summed E-state index contributed by atoms with van der Waals surface area (Å²) in [6.07, 6.45) is 7.50. The van der Waals surface area contributed by atoms with Gasteiger partial charge in [0, 0.05) is 6.61 Å². The molecule has 0 aromatic rings. The molecule has 0 spiro atoms. The molecular formula is C8H20MgO6P2. The van der Waals surface area contributed by atoms with Crippen LogP contribution in [0.3, 0.4) is 0 Å². The van der Waals surface area contributed by atoms with Crippen molar-refractivity contribution in [2.24, 2.45) is 0 Å². The van der Waals surface area contributed by atoms with Crippen LogP contribution in [0.5, 0.6) is 0 Å². The molecule has 0 aliphatic carbocycles. The van der Waals surface area contributed by atoms with Crippen LogP contribution in [0.4, 0.5) is 0 Å². The van der Waals surface area contributed by atoms with Crippen molar-refractivity contribution in [2.75, 3.05) is 6.61 Å². The minimum atomic E-state index is -3.51. The molecule has 0 rings (SSSR count). The topological polar surface area (TPSA) is 110 Å². The molecule has 0 bridgehead atoms. The van der Waals surface area contributed by atoms with Crippen LogP contribution in [0.2, 0.25) is 0 Å². The zero-order valence-corrected chi connectivity index (χ0v) is 13.6. The predicted molar refractivity (Wildman–Crippen MR) is 65.3 cm³/mol. The van der Waals surface area contributed by atoms with Gasteiger partial charge in [-0.25, -0.2) is 0 Å². The first-order chi connectivity index (χ1) is 7.54. The number of hydrogen-bond donors (Lipinski definition) is 1. The van der Waals surface area contributed by atoms with Crippen LogP contribution < -0.4 is 9.79 Å². The van der Waals surface area contributed by atoms with Crippen LogP contribution in [0.1, 0.15) is 45.4 Å². The van der Waals surface area contributed by atoms with Crippen molar-refractivity contribution in [1.29, 1.82) is 0 Å². The van der Waals surface area contributed by atoms with Gasteiger partial charge in [-0.1, -0.05) is 39.0 Å². The van der Waals surface area contributed by atoms with Gasteiger partial charge in [0.05, 0.1) is 0 Å². The Morgan fingerprint density at radius 2 is 1.41 bits per heavy atom. The maximum absolute atomic E-state index is 9.29. The van der Waals surface area contributed by atoms with E-state index in [2.05, 4.69) is 11.2 Å². The third kappa shape index (κ3) is 31.6. The molecule has 0 aromatic carbocycles. The Balaban J connectivity index is -0.000000224. The van der Waals surface area contributed by atoms with Gasteiger partial charge >= 0.3 is 23.1 Å². The standard InChI is InChI=1S/C8H18O.Mg.H4O5P2/c1-2-3-4-5-6-7-8-9;;1-6(2)5-7(3)4/h9H,2-8H2,1H3;;6-7H,(H,1,2)(H,3,4)/q;+2;/p-2. The molecule has 0 aliphatic heterocycles. The summed E-state index contributed by atoms with van der Waals surface area (Å²) in [5, 5.41) is 8.42. The van der Waals surface area contributed by atoms with Crippen LogP contribution in [-0.4, -0.2) is 34.8 Å². The zero-order valence-electron chi connectivity index (χ0n) is 10.1.